The number of hydrogen-bond acceptors (Lipinski definition) is 2. The highest BCUT2D eigenvalue weighted by Gasteiger charge is 2.81. The van der Waals surface area contributed by atoms with Crippen molar-refractivity contribution in [3.05, 3.63) is 70.8 Å². The van der Waals surface area contributed by atoms with E-state index in [2.05, 4.69) is 0 Å². The average molecular weight is 479 g/mol. The Labute approximate surface area is 173 Å². The molecular weight excluding hydrogens is 471 g/mol. The summed E-state index contributed by atoms with van der Waals surface area (Å²) in [6.07, 6.45) is 0. The molecule has 162 valence electrons. The summed E-state index contributed by atoms with van der Waals surface area (Å²) in [7, 11) is 0. The van der Waals surface area contributed by atoms with Crippen LogP contribution in [0.4, 0.5) is 35.1 Å². The second-order valence-electron chi connectivity index (χ2n) is 6.00. The monoisotopic (exact) mass is 478 g/mol. The first-order chi connectivity index (χ1) is 13.6. The van der Waals surface area contributed by atoms with Gasteiger partial charge < -0.3 is 0 Å². The summed E-state index contributed by atoms with van der Waals surface area (Å²) in [4.78, 5) is 21.8. The normalized spacial score (nSPS) is 13.3. The number of rotatable bonds is 7. The second kappa shape index (κ2) is 7.81. The molecule has 0 fully saturated rings. The first kappa shape index (κ1) is 24.1. The summed E-state index contributed by atoms with van der Waals surface area (Å²) in [6.45, 7) is 0. The molecule has 0 saturated heterocycles. The van der Waals surface area contributed by atoms with E-state index in [0.29, 0.717) is 24.3 Å². The third-order valence-electron chi connectivity index (χ3n) is 4.13. The van der Waals surface area contributed by atoms with E-state index < -0.39 is 56.4 Å². The molecule has 30 heavy (non-hydrogen) atoms. The Bertz CT molecular complexity index is 878. The lowest BCUT2D eigenvalue weighted by molar-refractivity contribution is -0.374. The van der Waals surface area contributed by atoms with E-state index in [1.807, 2.05) is 0 Å². The van der Waals surface area contributed by atoms with Gasteiger partial charge in [-0.3, -0.25) is 9.59 Å². The van der Waals surface area contributed by atoms with Crippen LogP contribution in [0.25, 0.3) is 0 Å². The van der Waals surface area contributed by atoms with Crippen LogP contribution in [-0.2, 0) is 11.8 Å². The zero-order valence-electron chi connectivity index (χ0n) is 14.2. The zero-order chi connectivity index (χ0) is 23.1. The first-order valence-corrected chi connectivity index (χ1v) is 8.45. The third-order valence-corrected chi connectivity index (χ3v) is 4.57. The Morgan fingerprint density at radius 2 is 0.767 bits per heavy atom. The molecule has 0 saturated carbocycles. The number of hydrogen-bond donors (Lipinski definition) is 0. The van der Waals surface area contributed by atoms with E-state index in [1.54, 1.807) is 0 Å². The van der Waals surface area contributed by atoms with E-state index in [1.165, 1.54) is 0 Å². The summed E-state index contributed by atoms with van der Waals surface area (Å²) >= 11 is 10.1. The molecule has 0 heterocycles. The lowest BCUT2D eigenvalue weighted by Gasteiger charge is -2.37. The second-order valence-corrected chi connectivity index (χ2v) is 6.69. The molecule has 0 aliphatic carbocycles. The van der Waals surface area contributed by atoms with Gasteiger partial charge in [0.05, 0.1) is 0 Å². The molecule has 0 radical (unpaired) electrons. The topological polar surface area (TPSA) is 34.1 Å². The average Bonchev–Trinajstić information content (AvgIpc) is 2.67. The van der Waals surface area contributed by atoms with Crippen molar-refractivity contribution in [2.24, 2.45) is 0 Å². The van der Waals surface area contributed by atoms with Gasteiger partial charge in [0.25, 0.3) is 10.5 Å². The van der Waals surface area contributed by atoms with Gasteiger partial charge in [0.2, 0.25) is 0 Å². The van der Waals surface area contributed by atoms with E-state index in [-0.39, 0.29) is 24.3 Å². The van der Waals surface area contributed by atoms with Gasteiger partial charge in [-0.1, -0.05) is 24.3 Å². The number of carbonyl (C=O) groups is 2. The van der Waals surface area contributed by atoms with Crippen LogP contribution in [0.3, 0.4) is 0 Å². The summed E-state index contributed by atoms with van der Waals surface area (Å²) in [6, 6.07) is 2.97. The molecule has 2 rings (SSSR count). The summed E-state index contributed by atoms with van der Waals surface area (Å²) in [5, 5.41) is -2.29. The van der Waals surface area contributed by atoms with Crippen molar-refractivity contribution in [2.75, 3.05) is 0 Å². The molecule has 0 aliphatic heterocycles. The predicted octanol–water partition coefficient (Wildman–Crippen LogP) is 6.60. The molecule has 0 unspecified atom stereocenters. The van der Waals surface area contributed by atoms with E-state index in [0.717, 1.165) is 0 Å². The van der Waals surface area contributed by atoms with Gasteiger partial charge in [-0.25, -0.2) is 0 Å². The highest BCUT2D eigenvalue weighted by atomic mass is 35.5. The summed E-state index contributed by atoms with van der Waals surface area (Å²) in [5.74, 6) is -24.7. The Morgan fingerprint density at radius 3 is 0.967 bits per heavy atom. The molecule has 0 bridgehead atoms. The SMILES string of the molecule is O=C(Cl)c1ccc(C(F)(F)C(F)(F)C(F)(F)C(F)(F)c2ccc(C(=O)Cl)cc2)cc1. The minimum atomic E-state index is -6.57. The minimum Gasteiger partial charge on any atom is -0.276 e. The van der Waals surface area contributed by atoms with Gasteiger partial charge in [-0.05, 0) is 47.5 Å². The van der Waals surface area contributed by atoms with Crippen LogP contribution in [0.5, 0.6) is 0 Å². The van der Waals surface area contributed by atoms with Crippen molar-refractivity contribution in [3.8, 4) is 0 Å². The molecular formula is C18H8Cl2F8O2. The largest absolute Gasteiger partial charge is 0.382 e. The van der Waals surface area contributed by atoms with Crippen molar-refractivity contribution in [1.29, 1.82) is 0 Å². The maximum atomic E-state index is 14.2. The molecule has 0 spiro atoms. The van der Waals surface area contributed by atoms with Gasteiger partial charge in [-0.15, -0.1) is 0 Å². The van der Waals surface area contributed by atoms with Crippen molar-refractivity contribution >= 4 is 33.7 Å². The lowest BCUT2D eigenvalue weighted by Crippen LogP contribution is -2.59. The van der Waals surface area contributed by atoms with E-state index in [4.69, 9.17) is 23.2 Å². The fourth-order valence-electron chi connectivity index (χ4n) is 2.38. The van der Waals surface area contributed by atoms with Crippen LogP contribution in [0, 0.1) is 0 Å². The van der Waals surface area contributed by atoms with Gasteiger partial charge in [0.1, 0.15) is 0 Å². The molecule has 0 aliphatic rings. The van der Waals surface area contributed by atoms with Crippen molar-refractivity contribution in [1.82, 2.24) is 0 Å². The van der Waals surface area contributed by atoms with Crippen LogP contribution in [0.15, 0.2) is 48.5 Å². The fraction of sp³-hybridized carbons (Fsp3) is 0.222. The minimum absolute atomic E-state index is 0.193. The number of alkyl halides is 8. The Hall–Kier alpha value is -2.20. The van der Waals surface area contributed by atoms with Gasteiger partial charge in [0.15, 0.2) is 0 Å². The van der Waals surface area contributed by atoms with Gasteiger partial charge in [-0.2, -0.15) is 35.1 Å². The quantitative estimate of drug-likeness (QED) is 0.332. The molecule has 2 aromatic rings. The Morgan fingerprint density at radius 1 is 0.533 bits per heavy atom. The zero-order valence-corrected chi connectivity index (χ0v) is 15.7. The van der Waals surface area contributed by atoms with Crippen LogP contribution < -0.4 is 0 Å². The molecule has 12 heteroatoms. The molecule has 0 amide bonds. The lowest BCUT2D eigenvalue weighted by atomic mass is 9.90. The number of benzene rings is 2. The third kappa shape index (κ3) is 3.78. The maximum Gasteiger partial charge on any atom is 0.382 e. The number of carbonyl (C=O) groups excluding carboxylic acids is 2. The molecule has 0 aromatic heterocycles. The molecule has 0 atom stereocenters. The van der Waals surface area contributed by atoms with E-state index in [9.17, 15) is 44.7 Å². The predicted molar refractivity (Wildman–Crippen MR) is 90.9 cm³/mol. The van der Waals surface area contributed by atoms with Crippen LogP contribution in [-0.4, -0.2) is 22.3 Å². The molecule has 2 nitrogen and oxygen atoms in total. The standard InChI is InChI=1S/C18H8Cl2F8O2/c19-13(29)9-1-5-11(6-2-9)15(21,22)17(25,26)18(27,28)16(23,24)12-7-3-10(4-8-12)14(20)30/h1-8H. The van der Waals surface area contributed by atoms with Crippen molar-refractivity contribution in [3.63, 3.8) is 0 Å². The fourth-order valence-corrected chi connectivity index (χ4v) is 2.63. The summed E-state index contributed by atoms with van der Waals surface area (Å²) in [5.41, 5.74) is -4.31. The molecule has 2 aromatic carbocycles. The van der Waals surface area contributed by atoms with Crippen molar-refractivity contribution in [2.45, 2.75) is 23.7 Å². The smallest absolute Gasteiger partial charge is 0.276 e. The number of halogens is 10. The van der Waals surface area contributed by atoms with Crippen LogP contribution in [0.1, 0.15) is 31.8 Å². The van der Waals surface area contributed by atoms with Gasteiger partial charge >= 0.3 is 23.7 Å². The Balaban J connectivity index is 2.50. The van der Waals surface area contributed by atoms with Crippen LogP contribution in [0.2, 0.25) is 0 Å². The van der Waals surface area contributed by atoms with Gasteiger partial charge in [0, 0.05) is 22.3 Å². The van der Waals surface area contributed by atoms with Crippen LogP contribution >= 0.6 is 23.2 Å². The summed E-state index contributed by atoms with van der Waals surface area (Å²) < 4.78 is 114. The maximum absolute atomic E-state index is 14.2. The Kier molecular flexibility index (Phi) is 6.27. The highest BCUT2D eigenvalue weighted by molar-refractivity contribution is 6.68. The molecule has 0 N–H and O–H groups in total. The first-order valence-electron chi connectivity index (χ1n) is 7.69. The highest BCUT2D eigenvalue weighted by Crippen LogP contribution is 2.59. The van der Waals surface area contributed by atoms with Crippen molar-refractivity contribution < 1.29 is 44.7 Å². The van der Waals surface area contributed by atoms with E-state index >= 15 is 0 Å².